The van der Waals surface area contributed by atoms with Crippen LogP contribution in [-0.4, -0.2) is 37.0 Å². The number of piperidine rings is 1. The third kappa shape index (κ3) is 4.01. The van der Waals surface area contributed by atoms with Gasteiger partial charge in [0.1, 0.15) is 11.5 Å². The maximum atomic E-state index is 13.0. The van der Waals surface area contributed by atoms with Crippen LogP contribution >= 0.6 is 0 Å². The molecule has 4 rings (SSSR count). The van der Waals surface area contributed by atoms with Crippen LogP contribution in [0.15, 0.2) is 48.5 Å². The van der Waals surface area contributed by atoms with Crippen molar-refractivity contribution in [3.8, 4) is 11.5 Å². The molecule has 4 heteroatoms. The molecule has 2 aliphatic rings. The van der Waals surface area contributed by atoms with E-state index < -0.39 is 0 Å². The second kappa shape index (κ2) is 8.13. The zero-order valence-electron chi connectivity index (χ0n) is 16.0. The van der Waals surface area contributed by atoms with Crippen molar-refractivity contribution in [2.24, 2.45) is 5.92 Å². The van der Waals surface area contributed by atoms with E-state index in [9.17, 15) is 4.79 Å². The van der Waals surface area contributed by atoms with Crippen LogP contribution in [0.25, 0.3) is 0 Å². The first-order valence-corrected chi connectivity index (χ1v) is 10.1. The number of hydrogen-bond acceptors (Lipinski definition) is 3. The normalized spacial score (nSPS) is 17.7. The Kier molecular flexibility index (Phi) is 5.44. The Hall–Kier alpha value is -2.33. The third-order valence-electron chi connectivity index (χ3n) is 5.77. The summed E-state index contributed by atoms with van der Waals surface area (Å²) in [6.07, 6.45) is 3.58. The minimum atomic E-state index is -0.304. The van der Waals surface area contributed by atoms with Crippen LogP contribution < -0.4 is 10.1 Å². The van der Waals surface area contributed by atoms with Gasteiger partial charge in [0.15, 0.2) is 0 Å². The van der Waals surface area contributed by atoms with Gasteiger partial charge in [-0.15, -0.1) is 0 Å². The SMILES string of the molecule is CC1CCN(CCCNC(=O)C2c3ccccc3Oc3ccccc32)CC1. The molecule has 2 aromatic rings. The highest BCUT2D eigenvalue weighted by Gasteiger charge is 2.32. The van der Waals surface area contributed by atoms with E-state index in [0.717, 1.165) is 41.5 Å². The van der Waals surface area contributed by atoms with E-state index in [0.29, 0.717) is 6.54 Å². The van der Waals surface area contributed by atoms with E-state index >= 15 is 0 Å². The number of ether oxygens (including phenoxy) is 1. The van der Waals surface area contributed by atoms with Gasteiger partial charge in [-0.1, -0.05) is 43.3 Å². The monoisotopic (exact) mass is 364 g/mol. The summed E-state index contributed by atoms with van der Waals surface area (Å²) in [7, 11) is 0. The lowest BCUT2D eigenvalue weighted by atomic mass is 9.87. The summed E-state index contributed by atoms with van der Waals surface area (Å²) in [5.74, 6) is 2.17. The number of nitrogens with one attached hydrogen (secondary N) is 1. The minimum Gasteiger partial charge on any atom is -0.457 e. The van der Waals surface area contributed by atoms with Gasteiger partial charge >= 0.3 is 0 Å². The molecule has 1 saturated heterocycles. The fraction of sp³-hybridized carbons (Fsp3) is 0.435. The van der Waals surface area contributed by atoms with Gasteiger partial charge in [-0.2, -0.15) is 0 Å². The van der Waals surface area contributed by atoms with Crippen LogP contribution in [0.5, 0.6) is 11.5 Å². The Morgan fingerprint density at radius 2 is 1.63 bits per heavy atom. The standard InChI is InChI=1S/C23H28N2O2/c1-17-11-15-25(16-12-17)14-6-13-24-23(26)22-18-7-2-4-9-20(18)27-21-10-5-3-8-19(21)22/h2-5,7-10,17,22H,6,11-16H2,1H3,(H,24,26). The number of benzene rings is 2. The van der Waals surface area contributed by atoms with Gasteiger partial charge in [0.25, 0.3) is 0 Å². The lowest BCUT2D eigenvalue weighted by molar-refractivity contribution is -0.121. The summed E-state index contributed by atoms with van der Waals surface area (Å²) in [5, 5.41) is 3.16. The molecule has 0 radical (unpaired) electrons. The molecule has 142 valence electrons. The average molecular weight is 364 g/mol. The van der Waals surface area contributed by atoms with Crippen molar-refractivity contribution < 1.29 is 9.53 Å². The first-order valence-electron chi connectivity index (χ1n) is 10.1. The van der Waals surface area contributed by atoms with Gasteiger partial charge in [-0.05, 0) is 56.9 Å². The first-order chi connectivity index (χ1) is 13.2. The van der Waals surface area contributed by atoms with Crippen molar-refractivity contribution in [3.63, 3.8) is 0 Å². The summed E-state index contributed by atoms with van der Waals surface area (Å²) in [5.41, 5.74) is 1.89. The zero-order valence-corrected chi connectivity index (χ0v) is 16.0. The van der Waals surface area contributed by atoms with Crippen molar-refractivity contribution >= 4 is 5.91 Å². The van der Waals surface area contributed by atoms with Crippen molar-refractivity contribution in [1.82, 2.24) is 10.2 Å². The maximum Gasteiger partial charge on any atom is 0.232 e. The molecule has 0 bridgehead atoms. The number of carbonyl (C=O) groups excluding carboxylic acids is 1. The van der Waals surface area contributed by atoms with Gasteiger partial charge in [0.05, 0.1) is 5.92 Å². The molecule has 0 aromatic heterocycles. The Morgan fingerprint density at radius 3 is 2.26 bits per heavy atom. The van der Waals surface area contributed by atoms with Crippen LogP contribution in [-0.2, 0) is 4.79 Å². The number of nitrogens with zero attached hydrogens (tertiary/aromatic N) is 1. The number of para-hydroxylation sites is 2. The second-order valence-electron chi connectivity index (χ2n) is 7.78. The lowest BCUT2D eigenvalue weighted by Gasteiger charge is -2.30. The van der Waals surface area contributed by atoms with Crippen molar-refractivity contribution in [1.29, 1.82) is 0 Å². The molecule has 1 N–H and O–H groups in total. The topological polar surface area (TPSA) is 41.6 Å². The van der Waals surface area contributed by atoms with Crippen LogP contribution in [0, 0.1) is 5.92 Å². The second-order valence-corrected chi connectivity index (χ2v) is 7.78. The van der Waals surface area contributed by atoms with E-state index in [4.69, 9.17) is 4.74 Å². The highest BCUT2D eigenvalue weighted by molar-refractivity contribution is 5.89. The van der Waals surface area contributed by atoms with Gasteiger partial charge in [0, 0.05) is 17.7 Å². The molecule has 4 nitrogen and oxygen atoms in total. The van der Waals surface area contributed by atoms with Gasteiger partial charge < -0.3 is 15.0 Å². The van der Waals surface area contributed by atoms with Gasteiger partial charge in [-0.25, -0.2) is 0 Å². The third-order valence-corrected chi connectivity index (χ3v) is 5.77. The fourth-order valence-electron chi connectivity index (χ4n) is 4.09. The Bertz CT molecular complexity index is 751. The number of likely N-dealkylation sites (tertiary alicyclic amines) is 1. The largest absolute Gasteiger partial charge is 0.457 e. The Balaban J connectivity index is 1.38. The number of carbonyl (C=O) groups is 1. The van der Waals surface area contributed by atoms with Crippen molar-refractivity contribution in [2.75, 3.05) is 26.2 Å². The molecule has 0 atom stereocenters. The summed E-state index contributed by atoms with van der Waals surface area (Å²) in [4.78, 5) is 15.6. The van der Waals surface area contributed by atoms with Crippen LogP contribution in [0.2, 0.25) is 0 Å². The molecule has 0 unspecified atom stereocenters. The molecular formula is C23H28N2O2. The average Bonchev–Trinajstić information content (AvgIpc) is 2.70. The fourth-order valence-corrected chi connectivity index (χ4v) is 4.09. The molecule has 0 saturated carbocycles. The van der Waals surface area contributed by atoms with Gasteiger partial charge in [0.2, 0.25) is 5.91 Å². The number of rotatable bonds is 5. The summed E-state index contributed by atoms with van der Waals surface area (Å²) in [6.45, 7) is 6.49. The molecule has 0 spiro atoms. The molecule has 1 amide bonds. The number of fused-ring (bicyclic) bond motifs is 2. The Labute approximate surface area is 161 Å². The van der Waals surface area contributed by atoms with E-state index in [-0.39, 0.29) is 11.8 Å². The van der Waals surface area contributed by atoms with Crippen molar-refractivity contribution in [2.45, 2.75) is 32.1 Å². The van der Waals surface area contributed by atoms with Crippen LogP contribution in [0.3, 0.4) is 0 Å². The van der Waals surface area contributed by atoms with E-state index in [1.807, 2.05) is 48.5 Å². The zero-order chi connectivity index (χ0) is 18.6. The Morgan fingerprint density at radius 1 is 1.04 bits per heavy atom. The lowest BCUT2D eigenvalue weighted by Crippen LogP contribution is -2.36. The minimum absolute atomic E-state index is 0.0606. The highest BCUT2D eigenvalue weighted by atomic mass is 16.5. The number of amides is 1. The molecule has 2 heterocycles. The van der Waals surface area contributed by atoms with Crippen molar-refractivity contribution in [3.05, 3.63) is 59.7 Å². The van der Waals surface area contributed by atoms with Crippen LogP contribution in [0.1, 0.15) is 43.2 Å². The van der Waals surface area contributed by atoms with E-state index in [1.165, 1.54) is 25.9 Å². The van der Waals surface area contributed by atoms with Gasteiger partial charge in [-0.3, -0.25) is 4.79 Å². The predicted molar refractivity (Wildman–Crippen MR) is 107 cm³/mol. The smallest absolute Gasteiger partial charge is 0.232 e. The van der Waals surface area contributed by atoms with E-state index in [2.05, 4.69) is 17.1 Å². The molecule has 1 fully saturated rings. The van der Waals surface area contributed by atoms with E-state index in [1.54, 1.807) is 0 Å². The summed E-state index contributed by atoms with van der Waals surface area (Å²) >= 11 is 0. The quantitative estimate of drug-likeness (QED) is 0.810. The molecule has 27 heavy (non-hydrogen) atoms. The van der Waals surface area contributed by atoms with Crippen LogP contribution in [0.4, 0.5) is 0 Å². The first kappa shape index (κ1) is 18.1. The summed E-state index contributed by atoms with van der Waals surface area (Å²) < 4.78 is 5.98. The predicted octanol–water partition coefficient (Wildman–Crippen LogP) is 4.16. The maximum absolute atomic E-state index is 13.0. The highest BCUT2D eigenvalue weighted by Crippen LogP contribution is 2.43. The molecule has 2 aliphatic heterocycles. The molecule has 0 aliphatic carbocycles. The molecule has 2 aromatic carbocycles. The molecular weight excluding hydrogens is 336 g/mol. The summed E-state index contributed by atoms with van der Waals surface area (Å²) in [6, 6.07) is 15.7. The number of hydrogen-bond donors (Lipinski definition) is 1.